The van der Waals surface area contributed by atoms with E-state index in [-0.39, 0.29) is 17.3 Å². The minimum atomic E-state index is -4.46. The van der Waals surface area contributed by atoms with Crippen molar-refractivity contribution in [2.45, 2.75) is 25.1 Å². The molecule has 3 aromatic rings. The zero-order chi connectivity index (χ0) is 21.8. The summed E-state index contributed by atoms with van der Waals surface area (Å²) in [6.45, 7) is 0.982. The topological polar surface area (TPSA) is 104 Å². The van der Waals surface area contributed by atoms with Gasteiger partial charge in [0.05, 0.1) is 24.3 Å². The summed E-state index contributed by atoms with van der Waals surface area (Å²) in [5, 5.41) is 30.8. The number of hydrogen-bond donors (Lipinski definition) is 3. The van der Waals surface area contributed by atoms with Crippen molar-refractivity contribution in [2.75, 3.05) is 18.5 Å². The van der Waals surface area contributed by atoms with E-state index in [2.05, 4.69) is 25.5 Å². The zero-order valence-corrected chi connectivity index (χ0v) is 16.1. The van der Waals surface area contributed by atoms with Crippen LogP contribution >= 0.6 is 0 Å². The largest absolute Gasteiger partial charge is 0.416 e. The molecule has 0 aliphatic heterocycles. The van der Waals surface area contributed by atoms with Gasteiger partial charge in [-0.3, -0.25) is 4.98 Å². The van der Waals surface area contributed by atoms with Gasteiger partial charge in [0.1, 0.15) is 11.4 Å². The lowest BCUT2D eigenvalue weighted by molar-refractivity contribution is -0.137. The first-order valence-electron chi connectivity index (χ1n) is 9.15. The Hall–Kier alpha value is -3.11. The average Bonchev–Trinajstić information content (AvgIpc) is 2.77. The van der Waals surface area contributed by atoms with Crippen molar-refractivity contribution >= 4 is 5.82 Å². The van der Waals surface area contributed by atoms with Crippen LogP contribution in [0.25, 0.3) is 22.8 Å². The van der Waals surface area contributed by atoms with Crippen LogP contribution in [0.2, 0.25) is 0 Å². The Morgan fingerprint density at radius 2 is 1.67 bits per heavy atom. The summed E-state index contributed by atoms with van der Waals surface area (Å²) in [4.78, 5) is 8.60. The van der Waals surface area contributed by atoms with Gasteiger partial charge in [0.2, 0.25) is 5.82 Å². The molecule has 0 amide bonds. The second-order valence-electron chi connectivity index (χ2n) is 6.70. The quantitative estimate of drug-likeness (QED) is 0.540. The van der Waals surface area contributed by atoms with Gasteiger partial charge in [-0.15, -0.1) is 10.2 Å². The van der Waals surface area contributed by atoms with E-state index < -0.39 is 30.5 Å². The van der Waals surface area contributed by atoms with Crippen LogP contribution in [-0.2, 0) is 6.18 Å². The van der Waals surface area contributed by atoms with E-state index in [9.17, 15) is 23.4 Å². The zero-order valence-electron chi connectivity index (χ0n) is 16.1. The van der Waals surface area contributed by atoms with Gasteiger partial charge >= 0.3 is 6.18 Å². The van der Waals surface area contributed by atoms with Crippen LogP contribution in [0.1, 0.15) is 18.9 Å². The number of nitrogens with zero attached hydrogens (tertiary/aromatic N) is 4. The summed E-state index contributed by atoms with van der Waals surface area (Å²) in [7, 11) is 0. The van der Waals surface area contributed by atoms with Crippen molar-refractivity contribution in [3.8, 4) is 22.8 Å². The fraction of sp³-hybridized carbons (Fsp3) is 0.300. The summed E-state index contributed by atoms with van der Waals surface area (Å²) in [5.74, 6) is 0.352. The minimum Gasteiger partial charge on any atom is -0.394 e. The summed E-state index contributed by atoms with van der Waals surface area (Å²) in [6, 6.07) is 9.59. The number of alkyl halides is 3. The summed E-state index contributed by atoms with van der Waals surface area (Å²) in [5.41, 5.74) is -0.914. The van der Waals surface area contributed by atoms with Crippen LogP contribution < -0.4 is 5.32 Å². The number of hydrogen-bond acceptors (Lipinski definition) is 7. The molecule has 3 rings (SSSR count). The third kappa shape index (κ3) is 4.55. The third-order valence-corrected chi connectivity index (χ3v) is 4.73. The molecule has 0 bridgehead atoms. The lowest BCUT2D eigenvalue weighted by atomic mass is 9.98. The molecule has 0 fully saturated rings. The van der Waals surface area contributed by atoms with Crippen molar-refractivity contribution in [1.82, 2.24) is 20.2 Å². The molecule has 1 aromatic carbocycles. The molecule has 0 unspecified atom stereocenters. The standard InChI is InChI=1S/C20H20F3N5O2/c1-2-19(11-29,12-30)26-18-16(13-6-8-14(9-7-13)20(21,22)23)27-28-17(25-18)15-5-3-4-10-24-15/h3-10,29-30H,2,11-12H2,1H3,(H,25,26,28). The van der Waals surface area contributed by atoms with E-state index in [4.69, 9.17) is 0 Å². The number of anilines is 1. The average molecular weight is 419 g/mol. The number of pyridine rings is 1. The van der Waals surface area contributed by atoms with Crippen LogP contribution in [0.5, 0.6) is 0 Å². The lowest BCUT2D eigenvalue weighted by Crippen LogP contribution is -2.45. The van der Waals surface area contributed by atoms with Crippen LogP contribution in [-0.4, -0.2) is 49.1 Å². The van der Waals surface area contributed by atoms with Crippen molar-refractivity contribution in [3.05, 3.63) is 54.2 Å². The highest BCUT2D eigenvalue weighted by Gasteiger charge is 2.31. The highest BCUT2D eigenvalue weighted by atomic mass is 19.4. The summed E-state index contributed by atoms with van der Waals surface area (Å²) in [6.07, 6.45) is -2.54. The van der Waals surface area contributed by atoms with Gasteiger partial charge in [-0.25, -0.2) is 4.98 Å². The molecule has 0 spiro atoms. The molecule has 158 valence electrons. The molecule has 30 heavy (non-hydrogen) atoms. The molecule has 2 heterocycles. The van der Waals surface area contributed by atoms with E-state index in [1.165, 1.54) is 12.1 Å². The Bertz CT molecular complexity index is 970. The minimum absolute atomic E-state index is 0.162. The Labute approximate surface area is 170 Å². The second-order valence-corrected chi connectivity index (χ2v) is 6.70. The highest BCUT2D eigenvalue weighted by Crippen LogP contribution is 2.33. The van der Waals surface area contributed by atoms with Crippen LogP contribution in [0.15, 0.2) is 48.7 Å². The highest BCUT2D eigenvalue weighted by molar-refractivity contribution is 5.73. The van der Waals surface area contributed by atoms with Gasteiger partial charge in [-0.1, -0.05) is 25.1 Å². The number of halogens is 3. The van der Waals surface area contributed by atoms with Crippen molar-refractivity contribution in [3.63, 3.8) is 0 Å². The number of aliphatic hydroxyl groups excluding tert-OH is 2. The molecule has 7 nitrogen and oxygen atoms in total. The smallest absolute Gasteiger partial charge is 0.394 e. The number of benzene rings is 1. The molecular weight excluding hydrogens is 399 g/mol. The maximum absolute atomic E-state index is 12.9. The maximum Gasteiger partial charge on any atom is 0.416 e. The fourth-order valence-corrected chi connectivity index (χ4v) is 2.72. The Balaban J connectivity index is 2.09. The van der Waals surface area contributed by atoms with Crippen LogP contribution in [0, 0.1) is 0 Å². The summed E-state index contributed by atoms with van der Waals surface area (Å²) >= 11 is 0. The molecular formula is C20H20F3N5O2. The molecule has 0 aliphatic carbocycles. The predicted molar refractivity (Wildman–Crippen MR) is 104 cm³/mol. The van der Waals surface area contributed by atoms with Gasteiger partial charge in [-0.2, -0.15) is 13.2 Å². The lowest BCUT2D eigenvalue weighted by Gasteiger charge is -2.31. The molecule has 10 heteroatoms. The van der Waals surface area contributed by atoms with E-state index in [1.54, 1.807) is 31.3 Å². The number of aliphatic hydroxyl groups is 2. The first-order valence-corrected chi connectivity index (χ1v) is 9.15. The number of nitrogens with one attached hydrogen (secondary N) is 1. The molecule has 0 atom stereocenters. The van der Waals surface area contributed by atoms with Crippen molar-refractivity contribution < 1.29 is 23.4 Å². The van der Waals surface area contributed by atoms with E-state index in [0.29, 0.717) is 17.7 Å². The molecule has 3 N–H and O–H groups in total. The SMILES string of the molecule is CCC(CO)(CO)Nc1nc(-c2ccccn2)nnc1-c1ccc(C(F)(F)F)cc1. The monoisotopic (exact) mass is 419 g/mol. The van der Waals surface area contributed by atoms with Gasteiger partial charge in [0.25, 0.3) is 0 Å². The Morgan fingerprint density at radius 3 is 2.20 bits per heavy atom. The van der Waals surface area contributed by atoms with E-state index in [0.717, 1.165) is 12.1 Å². The first-order chi connectivity index (χ1) is 14.3. The van der Waals surface area contributed by atoms with Crippen LogP contribution in [0.4, 0.5) is 19.0 Å². The predicted octanol–water partition coefficient (Wildman–Crippen LogP) is 3.16. The second kappa shape index (κ2) is 8.72. The molecule has 0 saturated heterocycles. The first kappa shape index (κ1) is 21.6. The molecule has 0 saturated carbocycles. The maximum atomic E-state index is 12.9. The van der Waals surface area contributed by atoms with Gasteiger partial charge < -0.3 is 15.5 Å². The Morgan fingerprint density at radius 1 is 0.967 bits per heavy atom. The van der Waals surface area contributed by atoms with Gasteiger partial charge in [0, 0.05) is 11.8 Å². The van der Waals surface area contributed by atoms with E-state index in [1.807, 2.05) is 0 Å². The van der Waals surface area contributed by atoms with Crippen molar-refractivity contribution in [1.29, 1.82) is 0 Å². The third-order valence-electron chi connectivity index (χ3n) is 4.73. The van der Waals surface area contributed by atoms with Gasteiger partial charge in [-0.05, 0) is 30.7 Å². The molecule has 2 aromatic heterocycles. The normalized spacial score (nSPS) is 12.1. The summed E-state index contributed by atoms with van der Waals surface area (Å²) < 4.78 is 38.7. The number of rotatable bonds is 7. The van der Waals surface area contributed by atoms with Gasteiger partial charge in [0.15, 0.2) is 5.82 Å². The molecule has 0 radical (unpaired) electrons. The Kier molecular flexibility index (Phi) is 6.28. The van der Waals surface area contributed by atoms with E-state index >= 15 is 0 Å². The van der Waals surface area contributed by atoms with Crippen molar-refractivity contribution in [2.24, 2.45) is 0 Å². The fourth-order valence-electron chi connectivity index (χ4n) is 2.72. The molecule has 0 aliphatic rings. The number of aromatic nitrogens is 4. The van der Waals surface area contributed by atoms with Crippen LogP contribution in [0.3, 0.4) is 0 Å².